The van der Waals surface area contributed by atoms with Crippen molar-refractivity contribution < 1.29 is 4.42 Å². The highest BCUT2D eigenvalue weighted by atomic mass is 16.3. The standard InChI is InChI=1S/C15H27N3O/c1-4-16-8-14-7-15(19-12-14)11-18(3)10-13-5-6-17(2)9-13/h7,12-13,16H,4-6,8-11H2,1-3H3. The zero-order valence-electron chi connectivity index (χ0n) is 12.5. The van der Waals surface area contributed by atoms with E-state index in [4.69, 9.17) is 4.42 Å². The first-order valence-corrected chi connectivity index (χ1v) is 7.31. The summed E-state index contributed by atoms with van der Waals surface area (Å²) < 4.78 is 5.63. The number of hydrogen-bond donors (Lipinski definition) is 1. The fraction of sp³-hybridized carbons (Fsp3) is 0.733. The van der Waals surface area contributed by atoms with Gasteiger partial charge in [-0.3, -0.25) is 4.90 Å². The molecule has 0 amide bonds. The van der Waals surface area contributed by atoms with Gasteiger partial charge in [0.25, 0.3) is 0 Å². The van der Waals surface area contributed by atoms with Crippen LogP contribution in [0.25, 0.3) is 0 Å². The Morgan fingerprint density at radius 2 is 2.37 bits per heavy atom. The van der Waals surface area contributed by atoms with Gasteiger partial charge in [0.1, 0.15) is 5.76 Å². The summed E-state index contributed by atoms with van der Waals surface area (Å²) in [6.45, 7) is 8.56. The van der Waals surface area contributed by atoms with E-state index in [9.17, 15) is 0 Å². The highest BCUT2D eigenvalue weighted by molar-refractivity contribution is 5.12. The van der Waals surface area contributed by atoms with Gasteiger partial charge in [0.15, 0.2) is 0 Å². The molecule has 0 bridgehead atoms. The predicted octanol–water partition coefficient (Wildman–Crippen LogP) is 1.77. The largest absolute Gasteiger partial charge is 0.468 e. The molecule has 0 spiro atoms. The van der Waals surface area contributed by atoms with E-state index in [1.54, 1.807) is 0 Å². The van der Waals surface area contributed by atoms with E-state index in [1.807, 2.05) is 6.26 Å². The fourth-order valence-corrected chi connectivity index (χ4v) is 2.82. The molecule has 1 saturated heterocycles. The monoisotopic (exact) mass is 265 g/mol. The molecule has 0 aromatic carbocycles. The highest BCUT2D eigenvalue weighted by Gasteiger charge is 2.20. The second-order valence-corrected chi connectivity index (χ2v) is 5.82. The maximum absolute atomic E-state index is 5.63. The van der Waals surface area contributed by atoms with Crippen molar-refractivity contribution in [2.45, 2.75) is 26.4 Å². The van der Waals surface area contributed by atoms with Crippen LogP contribution in [0.3, 0.4) is 0 Å². The summed E-state index contributed by atoms with van der Waals surface area (Å²) in [7, 11) is 4.39. The third kappa shape index (κ3) is 4.64. The van der Waals surface area contributed by atoms with Crippen molar-refractivity contribution in [1.82, 2.24) is 15.1 Å². The van der Waals surface area contributed by atoms with E-state index < -0.39 is 0 Å². The normalized spacial score (nSPS) is 20.5. The fourth-order valence-electron chi connectivity index (χ4n) is 2.82. The first kappa shape index (κ1) is 14.6. The number of furan rings is 1. The lowest BCUT2D eigenvalue weighted by Crippen LogP contribution is -2.26. The van der Waals surface area contributed by atoms with Crippen LogP contribution in [-0.4, -0.2) is 50.1 Å². The molecule has 1 atom stereocenters. The van der Waals surface area contributed by atoms with Gasteiger partial charge >= 0.3 is 0 Å². The maximum atomic E-state index is 5.63. The van der Waals surface area contributed by atoms with Crippen molar-refractivity contribution >= 4 is 0 Å². The average molecular weight is 265 g/mol. The molecule has 1 aromatic heterocycles. The molecule has 4 nitrogen and oxygen atoms in total. The Bertz CT molecular complexity index is 377. The van der Waals surface area contributed by atoms with Crippen molar-refractivity contribution in [3.63, 3.8) is 0 Å². The van der Waals surface area contributed by atoms with E-state index in [2.05, 4.69) is 42.2 Å². The Hall–Kier alpha value is -0.840. The molecule has 1 fully saturated rings. The Kier molecular flexibility index (Phi) is 5.43. The summed E-state index contributed by atoms with van der Waals surface area (Å²) in [6, 6.07) is 2.17. The molecule has 0 radical (unpaired) electrons. The number of likely N-dealkylation sites (tertiary alicyclic amines) is 1. The van der Waals surface area contributed by atoms with Crippen LogP contribution in [0.15, 0.2) is 16.7 Å². The number of nitrogens with zero attached hydrogens (tertiary/aromatic N) is 2. The lowest BCUT2D eigenvalue weighted by molar-refractivity contribution is 0.249. The summed E-state index contributed by atoms with van der Waals surface area (Å²) in [4.78, 5) is 4.79. The number of nitrogens with one attached hydrogen (secondary N) is 1. The molecule has 0 saturated carbocycles. The summed E-state index contributed by atoms with van der Waals surface area (Å²) in [5.74, 6) is 1.88. The van der Waals surface area contributed by atoms with Crippen LogP contribution >= 0.6 is 0 Å². The Labute approximate surface area is 116 Å². The van der Waals surface area contributed by atoms with Gasteiger partial charge in [0.05, 0.1) is 12.8 Å². The van der Waals surface area contributed by atoms with Gasteiger partial charge in [-0.05, 0) is 45.6 Å². The van der Waals surface area contributed by atoms with Crippen LogP contribution < -0.4 is 5.32 Å². The number of rotatable bonds is 7. The van der Waals surface area contributed by atoms with Crippen molar-refractivity contribution in [2.75, 3.05) is 40.3 Å². The SMILES string of the molecule is CCNCc1coc(CN(C)CC2CCN(C)C2)c1. The Balaban J connectivity index is 1.75. The van der Waals surface area contributed by atoms with Gasteiger partial charge in [-0.25, -0.2) is 0 Å². The first-order chi connectivity index (χ1) is 9.17. The van der Waals surface area contributed by atoms with E-state index in [0.29, 0.717) is 0 Å². The molecule has 1 aromatic rings. The zero-order chi connectivity index (χ0) is 13.7. The second-order valence-electron chi connectivity index (χ2n) is 5.82. The Morgan fingerprint density at radius 3 is 3.05 bits per heavy atom. The van der Waals surface area contributed by atoms with Crippen LogP contribution in [0.5, 0.6) is 0 Å². The maximum Gasteiger partial charge on any atom is 0.118 e. The average Bonchev–Trinajstić information content (AvgIpc) is 2.96. The lowest BCUT2D eigenvalue weighted by Gasteiger charge is -2.19. The summed E-state index contributed by atoms with van der Waals surface area (Å²) in [6.07, 6.45) is 3.19. The zero-order valence-corrected chi connectivity index (χ0v) is 12.5. The third-order valence-electron chi connectivity index (χ3n) is 3.77. The summed E-state index contributed by atoms with van der Waals surface area (Å²) in [5.41, 5.74) is 1.24. The van der Waals surface area contributed by atoms with Gasteiger partial charge in [0.2, 0.25) is 0 Å². The Morgan fingerprint density at radius 1 is 1.53 bits per heavy atom. The van der Waals surface area contributed by atoms with E-state index >= 15 is 0 Å². The predicted molar refractivity (Wildman–Crippen MR) is 78.0 cm³/mol. The van der Waals surface area contributed by atoms with Crippen LogP contribution in [0.1, 0.15) is 24.7 Å². The molecule has 2 heterocycles. The van der Waals surface area contributed by atoms with Crippen molar-refractivity contribution in [3.05, 3.63) is 23.7 Å². The van der Waals surface area contributed by atoms with Crippen molar-refractivity contribution in [3.8, 4) is 0 Å². The van der Waals surface area contributed by atoms with Gasteiger partial charge in [-0.1, -0.05) is 6.92 Å². The third-order valence-corrected chi connectivity index (χ3v) is 3.77. The van der Waals surface area contributed by atoms with Gasteiger partial charge < -0.3 is 14.6 Å². The van der Waals surface area contributed by atoms with Crippen LogP contribution in [0.2, 0.25) is 0 Å². The van der Waals surface area contributed by atoms with E-state index in [1.165, 1.54) is 25.1 Å². The van der Waals surface area contributed by atoms with Gasteiger partial charge in [0, 0.05) is 25.2 Å². The smallest absolute Gasteiger partial charge is 0.118 e. The lowest BCUT2D eigenvalue weighted by atomic mass is 10.1. The second kappa shape index (κ2) is 7.08. The summed E-state index contributed by atoms with van der Waals surface area (Å²) in [5, 5.41) is 3.32. The molecule has 2 rings (SSSR count). The minimum atomic E-state index is 0.811. The molecule has 1 N–H and O–H groups in total. The number of hydrogen-bond acceptors (Lipinski definition) is 4. The molecule has 108 valence electrons. The molecule has 19 heavy (non-hydrogen) atoms. The minimum Gasteiger partial charge on any atom is -0.468 e. The molecular formula is C15H27N3O. The van der Waals surface area contributed by atoms with E-state index in [-0.39, 0.29) is 0 Å². The quantitative estimate of drug-likeness (QED) is 0.814. The van der Waals surface area contributed by atoms with Crippen molar-refractivity contribution in [2.24, 2.45) is 5.92 Å². The van der Waals surface area contributed by atoms with Crippen LogP contribution in [0.4, 0.5) is 0 Å². The molecule has 1 aliphatic heterocycles. The molecular weight excluding hydrogens is 238 g/mol. The molecule has 0 aliphatic carbocycles. The van der Waals surface area contributed by atoms with E-state index in [0.717, 1.165) is 37.9 Å². The first-order valence-electron chi connectivity index (χ1n) is 7.31. The van der Waals surface area contributed by atoms with Crippen LogP contribution in [-0.2, 0) is 13.1 Å². The molecule has 1 aliphatic rings. The van der Waals surface area contributed by atoms with Crippen LogP contribution in [0, 0.1) is 5.92 Å². The molecule has 4 heteroatoms. The highest BCUT2D eigenvalue weighted by Crippen LogP contribution is 2.17. The topological polar surface area (TPSA) is 31.7 Å². The van der Waals surface area contributed by atoms with Gasteiger partial charge in [-0.15, -0.1) is 0 Å². The molecule has 1 unspecified atom stereocenters. The van der Waals surface area contributed by atoms with Gasteiger partial charge in [-0.2, -0.15) is 0 Å². The van der Waals surface area contributed by atoms with Crippen molar-refractivity contribution in [1.29, 1.82) is 0 Å². The minimum absolute atomic E-state index is 0.811. The summed E-state index contributed by atoms with van der Waals surface area (Å²) >= 11 is 0.